The Hall–Kier alpha value is -1.05. The molecule has 0 saturated heterocycles. The monoisotopic (exact) mass is 150 g/mol. The molecule has 2 nitrogen and oxygen atoms in total. The van der Waals surface area contributed by atoms with Gasteiger partial charge in [-0.05, 0) is 6.92 Å². The van der Waals surface area contributed by atoms with Crippen molar-refractivity contribution < 1.29 is 0 Å². The number of aryl methyl sites for hydroxylation is 2. The van der Waals surface area contributed by atoms with Crippen LogP contribution in [0.25, 0.3) is 0 Å². The molecule has 0 N–H and O–H groups in total. The number of nitrogens with zero attached hydrogens (tertiary/aromatic N) is 2. The zero-order valence-electron chi connectivity index (χ0n) is 7.17. The molecule has 0 aliphatic rings. The van der Waals surface area contributed by atoms with Crippen molar-refractivity contribution in [2.45, 2.75) is 26.8 Å². The van der Waals surface area contributed by atoms with Gasteiger partial charge in [-0.15, -0.1) is 6.58 Å². The number of imidazole rings is 1. The van der Waals surface area contributed by atoms with Crippen LogP contribution in [0.4, 0.5) is 0 Å². The third-order valence-corrected chi connectivity index (χ3v) is 1.62. The number of hydrogen-bond donors (Lipinski definition) is 0. The summed E-state index contributed by atoms with van der Waals surface area (Å²) in [5.41, 5.74) is 1.09. The molecule has 1 aromatic rings. The SMILES string of the molecule is C=CCn1cc(C)nc1CC. The molecule has 0 amide bonds. The number of rotatable bonds is 3. The van der Waals surface area contributed by atoms with Gasteiger partial charge in [0.05, 0.1) is 5.69 Å². The van der Waals surface area contributed by atoms with Crippen LogP contribution in [0.2, 0.25) is 0 Å². The first kappa shape index (κ1) is 8.05. The van der Waals surface area contributed by atoms with E-state index in [0.29, 0.717) is 0 Å². The molecule has 60 valence electrons. The molecule has 2 heteroatoms. The summed E-state index contributed by atoms with van der Waals surface area (Å²) >= 11 is 0. The Labute approximate surface area is 67.6 Å². The summed E-state index contributed by atoms with van der Waals surface area (Å²) in [4.78, 5) is 4.36. The lowest BCUT2D eigenvalue weighted by Crippen LogP contribution is -1.98. The Bertz CT molecular complexity index is 248. The Morgan fingerprint density at radius 1 is 1.73 bits per heavy atom. The van der Waals surface area contributed by atoms with E-state index in [2.05, 4.69) is 29.3 Å². The van der Waals surface area contributed by atoms with Crippen molar-refractivity contribution in [3.05, 3.63) is 30.4 Å². The zero-order chi connectivity index (χ0) is 8.27. The van der Waals surface area contributed by atoms with Crippen molar-refractivity contribution in [2.75, 3.05) is 0 Å². The second-order valence-electron chi connectivity index (χ2n) is 2.59. The molecule has 0 radical (unpaired) electrons. The van der Waals surface area contributed by atoms with E-state index >= 15 is 0 Å². The average molecular weight is 150 g/mol. The van der Waals surface area contributed by atoms with E-state index in [9.17, 15) is 0 Å². The highest BCUT2D eigenvalue weighted by Crippen LogP contribution is 2.02. The fourth-order valence-electron chi connectivity index (χ4n) is 1.18. The summed E-state index contributed by atoms with van der Waals surface area (Å²) < 4.78 is 2.13. The van der Waals surface area contributed by atoms with Crippen LogP contribution in [0, 0.1) is 6.92 Å². The van der Waals surface area contributed by atoms with E-state index in [4.69, 9.17) is 0 Å². The van der Waals surface area contributed by atoms with Crippen molar-refractivity contribution in [3.8, 4) is 0 Å². The Morgan fingerprint density at radius 2 is 2.45 bits per heavy atom. The summed E-state index contributed by atoms with van der Waals surface area (Å²) in [5.74, 6) is 1.14. The largest absolute Gasteiger partial charge is 0.331 e. The molecule has 0 fully saturated rings. The maximum absolute atomic E-state index is 4.36. The number of hydrogen-bond acceptors (Lipinski definition) is 1. The smallest absolute Gasteiger partial charge is 0.108 e. The van der Waals surface area contributed by atoms with Gasteiger partial charge in [0, 0.05) is 19.2 Å². The van der Waals surface area contributed by atoms with Crippen LogP contribution in [0.15, 0.2) is 18.9 Å². The topological polar surface area (TPSA) is 17.8 Å². The van der Waals surface area contributed by atoms with Gasteiger partial charge in [0.15, 0.2) is 0 Å². The third-order valence-electron chi connectivity index (χ3n) is 1.62. The molecule has 0 spiro atoms. The van der Waals surface area contributed by atoms with Crippen LogP contribution in [0.1, 0.15) is 18.4 Å². The molecule has 0 atom stereocenters. The molecule has 1 heterocycles. The minimum atomic E-state index is 0.865. The average Bonchev–Trinajstić information content (AvgIpc) is 2.32. The van der Waals surface area contributed by atoms with E-state index in [1.807, 2.05) is 13.0 Å². The predicted octanol–water partition coefficient (Wildman–Crippen LogP) is 1.94. The third kappa shape index (κ3) is 1.70. The van der Waals surface area contributed by atoms with Crippen LogP contribution >= 0.6 is 0 Å². The first-order chi connectivity index (χ1) is 5.27. The summed E-state index contributed by atoms with van der Waals surface area (Å²) in [6, 6.07) is 0. The maximum Gasteiger partial charge on any atom is 0.108 e. The van der Waals surface area contributed by atoms with Crippen LogP contribution in [0.3, 0.4) is 0 Å². The number of aromatic nitrogens is 2. The lowest BCUT2D eigenvalue weighted by Gasteiger charge is -1.99. The lowest BCUT2D eigenvalue weighted by atomic mass is 10.4. The highest BCUT2D eigenvalue weighted by molar-refractivity contribution is 5.02. The van der Waals surface area contributed by atoms with Gasteiger partial charge in [-0.2, -0.15) is 0 Å². The molecule has 0 bridgehead atoms. The van der Waals surface area contributed by atoms with Crippen molar-refractivity contribution in [1.29, 1.82) is 0 Å². The quantitative estimate of drug-likeness (QED) is 0.602. The Balaban J connectivity index is 2.91. The molecule has 0 aromatic carbocycles. The molecular weight excluding hydrogens is 136 g/mol. The first-order valence-electron chi connectivity index (χ1n) is 3.91. The van der Waals surface area contributed by atoms with Gasteiger partial charge in [-0.1, -0.05) is 13.0 Å². The van der Waals surface area contributed by atoms with Gasteiger partial charge in [0.1, 0.15) is 5.82 Å². The highest BCUT2D eigenvalue weighted by atomic mass is 15.1. The highest BCUT2D eigenvalue weighted by Gasteiger charge is 1.99. The molecule has 1 aromatic heterocycles. The van der Waals surface area contributed by atoms with Gasteiger partial charge >= 0.3 is 0 Å². The molecule has 0 unspecified atom stereocenters. The van der Waals surface area contributed by atoms with Crippen LogP contribution in [0.5, 0.6) is 0 Å². The molecule has 1 rings (SSSR count). The standard InChI is InChI=1S/C9H14N2/c1-4-6-11-7-8(3)10-9(11)5-2/h4,7H,1,5-6H2,2-3H3. The molecule has 0 saturated carbocycles. The van der Waals surface area contributed by atoms with Gasteiger partial charge in [0.25, 0.3) is 0 Å². The fourth-order valence-corrected chi connectivity index (χ4v) is 1.18. The van der Waals surface area contributed by atoms with E-state index < -0.39 is 0 Å². The normalized spacial score (nSPS) is 10.0. The molecule has 0 aliphatic heterocycles. The molecule has 0 aliphatic carbocycles. The van der Waals surface area contributed by atoms with E-state index in [-0.39, 0.29) is 0 Å². The molecular formula is C9H14N2. The van der Waals surface area contributed by atoms with Gasteiger partial charge < -0.3 is 4.57 Å². The second-order valence-corrected chi connectivity index (χ2v) is 2.59. The minimum Gasteiger partial charge on any atom is -0.331 e. The van der Waals surface area contributed by atoms with Crippen LogP contribution in [-0.2, 0) is 13.0 Å². The van der Waals surface area contributed by atoms with Crippen molar-refractivity contribution >= 4 is 0 Å². The maximum atomic E-state index is 4.36. The lowest BCUT2D eigenvalue weighted by molar-refractivity contribution is 0.748. The van der Waals surface area contributed by atoms with E-state index in [1.54, 1.807) is 0 Å². The zero-order valence-corrected chi connectivity index (χ0v) is 7.17. The van der Waals surface area contributed by atoms with Crippen LogP contribution < -0.4 is 0 Å². The summed E-state index contributed by atoms with van der Waals surface area (Å²) in [6.07, 6.45) is 4.93. The minimum absolute atomic E-state index is 0.865. The Morgan fingerprint density at radius 3 is 3.00 bits per heavy atom. The Kier molecular flexibility index (Phi) is 2.47. The first-order valence-corrected chi connectivity index (χ1v) is 3.91. The summed E-state index contributed by atoms with van der Waals surface area (Å²) in [6.45, 7) is 8.68. The van der Waals surface area contributed by atoms with E-state index in [1.165, 1.54) is 0 Å². The predicted molar refractivity (Wildman–Crippen MR) is 46.5 cm³/mol. The van der Waals surface area contributed by atoms with Gasteiger partial charge in [0.2, 0.25) is 0 Å². The fraction of sp³-hybridized carbons (Fsp3) is 0.444. The summed E-state index contributed by atoms with van der Waals surface area (Å²) in [5, 5.41) is 0. The van der Waals surface area contributed by atoms with E-state index in [0.717, 1.165) is 24.5 Å². The van der Waals surface area contributed by atoms with Crippen molar-refractivity contribution in [2.24, 2.45) is 0 Å². The van der Waals surface area contributed by atoms with Gasteiger partial charge in [-0.25, -0.2) is 4.98 Å². The van der Waals surface area contributed by atoms with Gasteiger partial charge in [-0.3, -0.25) is 0 Å². The van der Waals surface area contributed by atoms with Crippen LogP contribution in [-0.4, -0.2) is 9.55 Å². The number of allylic oxidation sites excluding steroid dienone is 1. The summed E-state index contributed by atoms with van der Waals surface area (Å²) in [7, 11) is 0. The second kappa shape index (κ2) is 3.37. The molecule has 11 heavy (non-hydrogen) atoms. The van der Waals surface area contributed by atoms with Crippen molar-refractivity contribution in [1.82, 2.24) is 9.55 Å². The van der Waals surface area contributed by atoms with Crippen molar-refractivity contribution in [3.63, 3.8) is 0 Å².